The standard InChI is InChI=1S/C30H43N3O5/c1-10-21(5)25(32-29(36)38-30(6,7)8)28(35)33(11-2)26(22-17-19(3)16-20(4)18-22)27(34)31-23-12-14-24(37-9)15-13-23/h12-18,21,25-26H,10-11H2,1-9H3,(H,31,34)(H,32,36). The lowest BCUT2D eigenvalue weighted by molar-refractivity contribution is -0.141. The van der Waals surface area contributed by atoms with Gasteiger partial charge in [0.25, 0.3) is 5.91 Å². The SMILES string of the molecule is CCC(C)C(NC(=O)OC(C)(C)C)C(=O)N(CC)C(C(=O)Nc1ccc(OC)cc1)c1cc(C)cc(C)c1. The van der Waals surface area contributed by atoms with Crippen molar-refractivity contribution in [1.29, 1.82) is 0 Å². The van der Waals surface area contributed by atoms with E-state index >= 15 is 0 Å². The second-order valence-electron chi connectivity index (χ2n) is 10.7. The first-order valence-corrected chi connectivity index (χ1v) is 13.1. The number of nitrogens with zero attached hydrogens (tertiary/aromatic N) is 1. The van der Waals surface area contributed by atoms with Crippen LogP contribution in [0.15, 0.2) is 42.5 Å². The minimum absolute atomic E-state index is 0.186. The molecule has 0 saturated heterocycles. The van der Waals surface area contributed by atoms with E-state index in [0.29, 0.717) is 23.4 Å². The third kappa shape index (κ3) is 8.50. The summed E-state index contributed by atoms with van der Waals surface area (Å²) in [4.78, 5) is 42.1. The molecule has 0 aromatic heterocycles. The van der Waals surface area contributed by atoms with Crippen LogP contribution in [0, 0.1) is 19.8 Å². The molecule has 0 aliphatic heterocycles. The number of alkyl carbamates (subject to hydrolysis) is 1. The van der Waals surface area contributed by atoms with Crippen molar-refractivity contribution < 1.29 is 23.9 Å². The molecule has 2 rings (SSSR count). The number of likely N-dealkylation sites (N-methyl/N-ethyl adjacent to an activating group) is 1. The maximum Gasteiger partial charge on any atom is 0.408 e. The number of methoxy groups -OCH3 is 1. The molecule has 38 heavy (non-hydrogen) atoms. The third-order valence-corrected chi connectivity index (χ3v) is 6.25. The Bertz CT molecular complexity index is 1090. The van der Waals surface area contributed by atoms with Gasteiger partial charge in [-0.3, -0.25) is 9.59 Å². The molecule has 2 aromatic rings. The average Bonchev–Trinajstić information content (AvgIpc) is 2.83. The Morgan fingerprint density at radius 3 is 2.03 bits per heavy atom. The molecule has 0 aliphatic carbocycles. The molecule has 0 heterocycles. The molecule has 3 amide bonds. The van der Waals surface area contributed by atoms with Crippen molar-refractivity contribution in [2.45, 2.75) is 79.5 Å². The highest BCUT2D eigenvalue weighted by Gasteiger charge is 2.37. The van der Waals surface area contributed by atoms with Crippen LogP contribution < -0.4 is 15.4 Å². The van der Waals surface area contributed by atoms with E-state index in [0.717, 1.165) is 11.1 Å². The van der Waals surface area contributed by atoms with Gasteiger partial charge in [-0.05, 0) is 77.3 Å². The van der Waals surface area contributed by atoms with Gasteiger partial charge in [0.2, 0.25) is 5.91 Å². The molecule has 8 nitrogen and oxygen atoms in total. The quantitative estimate of drug-likeness (QED) is 0.410. The monoisotopic (exact) mass is 525 g/mol. The summed E-state index contributed by atoms with van der Waals surface area (Å²) in [5, 5.41) is 5.73. The van der Waals surface area contributed by atoms with E-state index in [1.165, 1.54) is 4.90 Å². The molecule has 2 N–H and O–H groups in total. The molecule has 3 atom stereocenters. The van der Waals surface area contributed by atoms with E-state index in [9.17, 15) is 14.4 Å². The molecule has 3 unspecified atom stereocenters. The molecule has 0 spiro atoms. The fraction of sp³-hybridized carbons (Fsp3) is 0.500. The predicted octanol–water partition coefficient (Wildman–Crippen LogP) is 5.78. The summed E-state index contributed by atoms with van der Waals surface area (Å²) in [6.07, 6.45) is -0.0198. The Morgan fingerprint density at radius 1 is 0.974 bits per heavy atom. The molecular formula is C30H43N3O5. The number of hydrogen-bond acceptors (Lipinski definition) is 5. The smallest absolute Gasteiger partial charge is 0.408 e. The fourth-order valence-electron chi connectivity index (χ4n) is 4.29. The number of rotatable bonds is 10. The van der Waals surface area contributed by atoms with Gasteiger partial charge in [0.05, 0.1) is 7.11 Å². The molecular weight excluding hydrogens is 482 g/mol. The van der Waals surface area contributed by atoms with E-state index < -0.39 is 23.8 Å². The van der Waals surface area contributed by atoms with Crippen LogP contribution in [0.5, 0.6) is 5.75 Å². The number of amides is 3. The first-order valence-electron chi connectivity index (χ1n) is 13.1. The first kappa shape index (κ1) is 30.7. The number of carbonyl (C=O) groups excluding carboxylic acids is 3. The van der Waals surface area contributed by atoms with Crippen LogP contribution in [0.2, 0.25) is 0 Å². The van der Waals surface area contributed by atoms with Gasteiger partial charge >= 0.3 is 6.09 Å². The highest BCUT2D eigenvalue weighted by molar-refractivity contribution is 5.99. The van der Waals surface area contributed by atoms with Gasteiger partial charge in [0.15, 0.2) is 0 Å². The van der Waals surface area contributed by atoms with Crippen molar-refractivity contribution in [3.63, 3.8) is 0 Å². The van der Waals surface area contributed by atoms with Crippen LogP contribution >= 0.6 is 0 Å². The van der Waals surface area contributed by atoms with Gasteiger partial charge in [-0.25, -0.2) is 4.79 Å². The summed E-state index contributed by atoms with van der Waals surface area (Å²) < 4.78 is 10.7. The average molecular weight is 526 g/mol. The maximum absolute atomic E-state index is 14.1. The zero-order valence-corrected chi connectivity index (χ0v) is 24.2. The van der Waals surface area contributed by atoms with Gasteiger partial charge in [0, 0.05) is 12.2 Å². The van der Waals surface area contributed by atoms with Crippen LogP contribution in [0.25, 0.3) is 0 Å². The van der Waals surface area contributed by atoms with Crippen molar-refractivity contribution in [3.8, 4) is 5.75 Å². The molecule has 0 bridgehead atoms. The number of carbonyl (C=O) groups is 3. The summed E-state index contributed by atoms with van der Waals surface area (Å²) >= 11 is 0. The summed E-state index contributed by atoms with van der Waals surface area (Å²) in [7, 11) is 1.58. The summed E-state index contributed by atoms with van der Waals surface area (Å²) in [6.45, 7) is 15.2. The fourth-order valence-corrected chi connectivity index (χ4v) is 4.29. The largest absolute Gasteiger partial charge is 0.497 e. The van der Waals surface area contributed by atoms with Crippen molar-refractivity contribution in [1.82, 2.24) is 10.2 Å². The van der Waals surface area contributed by atoms with E-state index in [1.807, 2.05) is 52.8 Å². The summed E-state index contributed by atoms with van der Waals surface area (Å²) in [5.74, 6) is -0.213. The van der Waals surface area contributed by atoms with E-state index in [1.54, 1.807) is 52.1 Å². The summed E-state index contributed by atoms with van der Waals surface area (Å²) in [6, 6.07) is 11.1. The molecule has 0 fully saturated rings. The van der Waals surface area contributed by atoms with Crippen LogP contribution in [0.3, 0.4) is 0 Å². The van der Waals surface area contributed by atoms with Crippen LogP contribution in [0.1, 0.15) is 70.7 Å². The maximum atomic E-state index is 14.1. The highest BCUT2D eigenvalue weighted by atomic mass is 16.6. The van der Waals surface area contributed by atoms with Gasteiger partial charge in [-0.15, -0.1) is 0 Å². The lowest BCUT2D eigenvalue weighted by Gasteiger charge is -2.35. The Kier molecular flexibility index (Phi) is 10.7. The second-order valence-corrected chi connectivity index (χ2v) is 10.7. The predicted molar refractivity (Wildman–Crippen MR) is 150 cm³/mol. The minimum Gasteiger partial charge on any atom is -0.497 e. The van der Waals surface area contributed by atoms with Crippen molar-refractivity contribution in [2.24, 2.45) is 5.92 Å². The van der Waals surface area contributed by atoms with Crippen molar-refractivity contribution in [3.05, 3.63) is 59.2 Å². The Balaban J connectivity index is 2.50. The van der Waals surface area contributed by atoms with Crippen LogP contribution in [-0.2, 0) is 14.3 Å². The van der Waals surface area contributed by atoms with Gasteiger partial charge < -0.3 is 25.0 Å². The number of hydrogen-bond donors (Lipinski definition) is 2. The van der Waals surface area contributed by atoms with E-state index in [2.05, 4.69) is 10.6 Å². The first-order chi connectivity index (χ1) is 17.8. The lowest BCUT2D eigenvalue weighted by atomic mass is 9.94. The lowest BCUT2D eigenvalue weighted by Crippen LogP contribution is -2.54. The summed E-state index contributed by atoms with van der Waals surface area (Å²) in [5.41, 5.74) is 2.53. The molecule has 0 aliphatic rings. The Morgan fingerprint density at radius 2 is 1.55 bits per heavy atom. The topological polar surface area (TPSA) is 97.0 Å². The molecule has 0 saturated carbocycles. The number of benzene rings is 2. The highest BCUT2D eigenvalue weighted by Crippen LogP contribution is 2.28. The Hall–Kier alpha value is -3.55. The van der Waals surface area contributed by atoms with Gasteiger partial charge in [-0.2, -0.15) is 0 Å². The zero-order valence-electron chi connectivity index (χ0n) is 24.2. The third-order valence-electron chi connectivity index (χ3n) is 6.25. The van der Waals surface area contributed by atoms with Crippen molar-refractivity contribution >= 4 is 23.6 Å². The molecule has 8 heteroatoms. The van der Waals surface area contributed by atoms with Gasteiger partial charge in [-0.1, -0.05) is 49.6 Å². The number of aryl methyl sites for hydroxylation is 2. The second kappa shape index (κ2) is 13.3. The molecule has 2 aromatic carbocycles. The minimum atomic E-state index is -0.916. The van der Waals surface area contributed by atoms with E-state index in [4.69, 9.17) is 9.47 Å². The number of anilines is 1. The van der Waals surface area contributed by atoms with Crippen LogP contribution in [0.4, 0.5) is 10.5 Å². The Labute approximate surface area is 227 Å². The van der Waals surface area contributed by atoms with E-state index in [-0.39, 0.29) is 24.3 Å². The van der Waals surface area contributed by atoms with Gasteiger partial charge in [0.1, 0.15) is 23.4 Å². The molecule has 208 valence electrons. The zero-order chi connectivity index (χ0) is 28.6. The number of ether oxygens (including phenoxy) is 2. The van der Waals surface area contributed by atoms with Crippen molar-refractivity contribution in [2.75, 3.05) is 19.0 Å². The molecule has 0 radical (unpaired) electrons. The normalized spacial score (nSPS) is 13.6. The van der Waals surface area contributed by atoms with Crippen LogP contribution in [-0.4, -0.2) is 48.1 Å². The number of nitrogens with one attached hydrogen (secondary N) is 2.